The quantitative estimate of drug-likeness (QED) is 0.160. The molecule has 0 aliphatic carbocycles. The van der Waals surface area contributed by atoms with Crippen LogP contribution >= 0.6 is 22.7 Å². The standard InChI is InChI=1S/C52H30S2/c1-2-12-34-29-35(26-21-31(34)11-1)49-41-18-7-5-16-39(41)48(40-17-6-8-19-42(40)49)33-24-22-32(23-25-33)44-30-47-50(38-15-4-3-13-36(38)44)51-46(53-47)28-27-43-37-14-9-10-20-45(37)54-52(43)51/h1-30H. The lowest BCUT2D eigenvalue weighted by atomic mass is 9.85. The van der Waals surface area contributed by atoms with Crippen molar-refractivity contribution < 1.29 is 0 Å². The lowest BCUT2D eigenvalue weighted by Crippen LogP contribution is -1.91. The molecule has 250 valence electrons. The Morgan fingerprint density at radius 3 is 1.56 bits per heavy atom. The van der Waals surface area contributed by atoms with Gasteiger partial charge in [-0.2, -0.15) is 0 Å². The van der Waals surface area contributed by atoms with Crippen molar-refractivity contribution in [3.05, 3.63) is 182 Å². The van der Waals surface area contributed by atoms with Crippen LogP contribution in [0.2, 0.25) is 0 Å². The van der Waals surface area contributed by atoms with Crippen molar-refractivity contribution in [1.82, 2.24) is 0 Å². The first-order valence-corrected chi connectivity index (χ1v) is 20.1. The van der Waals surface area contributed by atoms with Crippen molar-refractivity contribution in [2.45, 2.75) is 0 Å². The summed E-state index contributed by atoms with van der Waals surface area (Å²) in [5, 5.41) is 15.7. The van der Waals surface area contributed by atoms with E-state index in [0.29, 0.717) is 0 Å². The van der Waals surface area contributed by atoms with Gasteiger partial charge in [0.15, 0.2) is 0 Å². The Morgan fingerprint density at radius 1 is 0.278 bits per heavy atom. The molecule has 2 aromatic heterocycles. The normalized spacial score (nSPS) is 12.1. The van der Waals surface area contributed by atoms with Crippen molar-refractivity contribution in [3.63, 3.8) is 0 Å². The molecule has 0 fully saturated rings. The van der Waals surface area contributed by atoms with Gasteiger partial charge in [0.05, 0.1) is 0 Å². The first-order valence-electron chi connectivity index (χ1n) is 18.5. The van der Waals surface area contributed by atoms with Crippen LogP contribution in [0, 0.1) is 0 Å². The molecule has 0 bridgehead atoms. The number of hydrogen-bond acceptors (Lipinski definition) is 2. The lowest BCUT2D eigenvalue weighted by molar-refractivity contribution is 1.64. The van der Waals surface area contributed by atoms with Crippen LogP contribution in [0.3, 0.4) is 0 Å². The molecule has 0 unspecified atom stereocenters. The van der Waals surface area contributed by atoms with E-state index in [4.69, 9.17) is 0 Å². The third kappa shape index (κ3) is 4.36. The van der Waals surface area contributed by atoms with Gasteiger partial charge in [0, 0.05) is 40.3 Å². The Kier molecular flexibility index (Phi) is 6.48. The van der Waals surface area contributed by atoms with Crippen LogP contribution in [0.5, 0.6) is 0 Å². The van der Waals surface area contributed by atoms with Gasteiger partial charge >= 0.3 is 0 Å². The number of thiophene rings is 2. The molecule has 0 atom stereocenters. The zero-order chi connectivity index (χ0) is 35.3. The minimum absolute atomic E-state index is 1.23. The Morgan fingerprint density at radius 2 is 0.833 bits per heavy atom. The summed E-state index contributed by atoms with van der Waals surface area (Å²) in [6, 6.07) is 67.7. The molecule has 0 spiro atoms. The van der Waals surface area contributed by atoms with E-state index in [2.05, 4.69) is 182 Å². The smallest absolute Gasteiger partial charge is 0.0448 e. The molecule has 0 aliphatic heterocycles. The van der Waals surface area contributed by atoms with Crippen molar-refractivity contribution in [1.29, 1.82) is 0 Å². The summed E-state index contributed by atoms with van der Waals surface area (Å²) < 4.78 is 5.44. The largest absolute Gasteiger partial charge is 0.135 e. The summed E-state index contributed by atoms with van der Waals surface area (Å²) in [7, 11) is 0. The number of hydrogen-bond donors (Lipinski definition) is 0. The molecule has 2 heterocycles. The molecule has 10 aromatic carbocycles. The number of rotatable bonds is 3. The fraction of sp³-hybridized carbons (Fsp3) is 0. The monoisotopic (exact) mass is 718 g/mol. The third-order valence-corrected chi connectivity index (χ3v) is 13.7. The first kappa shape index (κ1) is 30.2. The highest BCUT2D eigenvalue weighted by Crippen LogP contribution is 2.49. The number of fused-ring (bicyclic) bond motifs is 12. The average Bonchev–Trinajstić information content (AvgIpc) is 3.81. The van der Waals surface area contributed by atoms with Crippen LogP contribution < -0.4 is 0 Å². The molecule has 54 heavy (non-hydrogen) atoms. The predicted molar refractivity (Wildman–Crippen MR) is 239 cm³/mol. The molecule has 12 rings (SSSR count). The molecule has 0 nitrogen and oxygen atoms in total. The molecule has 0 radical (unpaired) electrons. The summed E-state index contributed by atoms with van der Waals surface area (Å²) in [5.74, 6) is 0. The van der Waals surface area contributed by atoms with Gasteiger partial charge in [-0.25, -0.2) is 0 Å². The van der Waals surface area contributed by atoms with E-state index in [1.807, 2.05) is 22.7 Å². The minimum atomic E-state index is 1.23. The fourth-order valence-electron chi connectivity index (χ4n) is 9.05. The summed E-state index contributed by atoms with van der Waals surface area (Å²) in [5.41, 5.74) is 7.58. The van der Waals surface area contributed by atoms with E-state index in [1.54, 1.807) is 0 Å². The summed E-state index contributed by atoms with van der Waals surface area (Å²) in [6.07, 6.45) is 0. The summed E-state index contributed by atoms with van der Waals surface area (Å²) in [6.45, 7) is 0. The van der Waals surface area contributed by atoms with Crippen molar-refractivity contribution in [2.24, 2.45) is 0 Å². The second-order valence-corrected chi connectivity index (χ2v) is 16.5. The van der Waals surface area contributed by atoms with Gasteiger partial charge in [-0.15, -0.1) is 22.7 Å². The summed E-state index contributed by atoms with van der Waals surface area (Å²) in [4.78, 5) is 0. The topological polar surface area (TPSA) is 0 Å². The second kappa shape index (κ2) is 11.6. The average molecular weight is 719 g/mol. The van der Waals surface area contributed by atoms with Gasteiger partial charge in [0.1, 0.15) is 0 Å². The highest BCUT2D eigenvalue weighted by molar-refractivity contribution is 7.30. The highest BCUT2D eigenvalue weighted by Gasteiger charge is 2.19. The van der Waals surface area contributed by atoms with Crippen molar-refractivity contribution in [2.75, 3.05) is 0 Å². The molecule has 12 aromatic rings. The zero-order valence-electron chi connectivity index (χ0n) is 29.1. The van der Waals surface area contributed by atoms with E-state index >= 15 is 0 Å². The minimum Gasteiger partial charge on any atom is -0.135 e. The maximum Gasteiger partial charge on any atom is 0.0448 e. The molecule has 0 aliphatic rings. The maximum absolute atomic E-state index is 2.44. The number of benzene rings is 10. The van der Waals surface area contributed by atoms with E-state index in [1.165, 1.54) is 117 Å². The van der Waals surface area contributed by atoms with Crippen LogP contribution in [-0.2, 0) is 0 Å². The summed E-state index contributed by atoms with van der Waals surface area (Å²) >= 11 is 3.85. The van der Waals surface area contributed by atoms with Crippen molar-refractivity contribution in [3.8, 4) is 33.4 Å². The molecule has 0 amide bonds. The molecular weight excluding hydrogens is 689 g/mol. The molecule has 0 saturated carbocycles. The third-order valence-electron chi connectivity index (χ3n) is 11.4. The first-order chi connectivity index (χ1) is 26.8. The second-order valence-electron chi connectivity index (χ2n) is 14.3. The van der Waals surface area contributed by atoms with Crippen LogP contribution in [0.1, 0.15) is 0 Å². The molecule has 2 heteroatoms. The Balaban J connectivity index is 1.05. The molecular formula is C52H30S2. The highest BCUT2D eigenvalue weighted by atomic mass is 32.1. The van der Waals surface area contributed by atoms with Gasteiger partial charge in [-0.1, -0.05) is 158 Å². The lowest BCUT2D eigenvalue weighted by Gasteiger charge is -2.18. The van der Waals surface area contributed by atoms with Gasteiger partial charge < -0.3 is 0 Å². The Labute approximate surface area is 319 Å². The Hall–Kier alpha value is -6.32. The molecule has 0 N–H and O–H groups in total. The van der Waals surface area contributed by atoms with Crippen LogP contribution in [-0.4, -0.2) is 0 Å². The zero-order valence-corrected chi connectivity index (χ0v) is 30.8. The van der Waals surface area contributed by atoms with Crippen LogP contribution in [0.4, 0.5) is 0 Å². The van der Waals surface area contributed by atoms with E-state index in [0.717, 1.165) is 0 Å². The predicted octanol–water partition coefficient (Wildman–Crippen LogP) is 16.0. The fourth-order valence-corrected chi connectivity index (χ4v) is 11.5. The van der Waals surface area contributed by atoms with Gasteiger partial charge in [0.2, 0.25) is 0 Å². The van der Waals surface area contributed by atoms with Crippen LogP contribution in [0.25, 0.3) is 117 Å². The maximum atomic E-state index is 2.44. The van der Waals surface area contributed by atoms with E-state index < -0.39 is 0 Å². The van der Waals surface area contributed by atoms with Crippen LogP contribution in [0.15, 0.2) is 182 Å². The SMILES string of the molecule is c1ccc2cc(-c3c4ccccc4c(-c4ccc(-c5cc6sc7ccc8c9ccccc9sc8c7c6c6ccccc56)cc4)c4ccccc34)ccc2c1. The van der Waals surface area contributed by atoms with E-state index in [9.17, 15) is 0 Å². The van der Waals surface area contributed by atoms with Crippen molar-refractivity contribution >= 4 is 106 Å². The van der Waals surface area contributed by atoms with Gasteiger partial charge in [-0.05, 0) is 101 Å². The Bertz CT molecular complexity index is 3430. The van der Waals surface area contributed by atoms with Gasteiger partial charge in [-0.3, -0.25) is 0 Å². The van der Waals surface area contributed by atoms with Gasteiger partial charge in [0.25, 0.3) is 0 Å². The molecule has 0 saturated heterocycles. The van der Waals surface area contributed by atoms with E-state index in [-0.39, 0.29) is 0 Å².